The average molecular weight is 466 g/mol. The van der Waals surface area contributed by atoms with Crippen molar-refractivity contribution in [3.8, 4) is 55.9 Å². The van der Waals surface area contributed by atoms with E-state index in [4.69, 9.17) is 16.6 Å². The maximum atomic E-state index is 6.27. The van der Waals surface area contributed by atoms with Gasteiger partial charge in [-0.2, -0.15) is 0 Å². The third kappa shape index (κ3) is 3.13. The maximum Gasteiger partial charge on any atom is 0.0794 e. The monoisotopic (exact) mass is 465 g/mol. The molecule has 1 aromatic heterocycles. The molecule has 0 aliphatic heterocycles. The summed E-state index contributed by atoms with van der Waals surface area (Å²) in [6.07, 6.45) is 0. The zero-order valence-electron chi connectivity index (χ0n) is 18.9. The quantitative estimate of drug-likeness (QED) is 0.253. The molecule has 0 unspecified atom stereocenters. The van der Waals surface area contributed by atoms with Gasteiger partial charge in [0.15, 0.2) is 0 Å². The highest BCUT2D eigenvalue weighted by atomic mass is 35.5. The lowest BCUT2D eigenvalue weighted by Crippen LogP contribution is -1.98. The van der Waals surface area contributed by atoms with Crippen molar-refractivity contribution in [1.82, 2.24) is 4.98 Å². The van der Waals surface area contributed by atoms with Gasteiger partial charge in [-0.1, -0.05) is 121 Å². The summed E-state index contributed by atoms with van der Waals surface area (Å²) in [7, 11) is 0. The lowest BCUT2D eigenvalue weighted by atomic mass is 9.88. The van der Waals surface area contributed by atoms with Crippen LogP contribution in [-0.2, 0) is 0 Å². The molecule has 0 bridgehead atoms. The van der Waals surface area contributed by atoms with E-state index in [0.29, 0.717) is 0 Å². The van der Waals surface area contributed by atoms with E-state index in [2.05, 4.69) is 109 Å². The number of hydrogen-bond donors (Lipinski definition) is 0. The fourth-order valence-electron chi connectivity index (χ4n) is 5.38. The second kappa shape index (κ2) is 7.94. The van der Waals surface area contributed by atoms with Crippen molar-refractivity contribution in [2.24, 2.45) is 0 Å². The molecule has 0 spiro atoms. The Balaban J connectivity index is 1.69. The molecule has 2 heteroatoms. The minimum Gasteiger partial charge on any atom is -0.246 e. The van der Waals surface area contributed by atoms with Crippen molar-refractivity contribution in [3.05, 3.63) is 126 Å². The third-order valence-electron chi connectivity index (χ3n) is 6.87. The standard InChI is InChI=1S/C33H20ClN/c34-25-19-17-24(18-20-25)32-29(22-9-3-1-4-10-22)30-26-15-7-13-21-14-8-16-27(28(21)26)31(30)33(35-32)23-11-5-2-6-12-23/h1-20H. The van der Waals surface area contributed by atoms with Gasteiger partial charge in [-0.25, -0.2) is 4.98 Å². The van der Waals surface area contributed by atoms with Crippen LogP contribution in [0, 0.1) is 0 Å². The van der Waals surface area contributed by atoms with Gasteiger partial charge in [0.1, 0.15) is 0 Å². The summed E-state index contributed by atoms with van der Waals surface area (Å²) in [5.74, 6) is 0. The van der Waals surface area contributed by atoms with Gasteiger partial charge in [-0.05, 0) is 39.6 Å². The number of pyridine rings is 1. The van der Waals surface area contributed by atoms with Crippen LogP contribution in [0.25, 0.3) is 66.7 Å². The molecule has 1 nitrogen and oxygen atoms in total. The van der Waals surface area contributed by atoms with Crippen LogP contribution in [0.15, 0.2) is 121 Å². The molecule has 5 aromatic carbocycles. The normalized spacial score (nSPS) is 11.6. The van der Waals surface area contributed by atoms with Crippen molar-refractivity contribution in [2.45, 2.75) is 0 Å². The van der Waals surface area contributed by atoms with Crippen LogP contribution in [0.3, 0.4) is 0 Å². The first-order chi connectivity index (χ1) is 17.3. The van der Waals surface area contributed by atoms with Crippen LogP contribution in [-0.4, -0.2) is 4.98 Å². The number of nitrogens with zero attached hydrogens (tertiary/aromatic N) is 1. The molecule has 0 fully saturated rings. The molecule has 164 valence electrons. The summed E-state index contributed by atoms with van der Waals surface area (Å²) in [5, 5.41) is 3.27. The Morgan fingerprint density at radius 1 is 0.429 bits per heavy atom. The molecular weight excluding hydrogens is 446 g/mol. The van der Waals surface area contributed by atoms with Gasteiger partial charge in [-0.15, -0.1) is 0 Å². The van der Waals surface area contributed by atoms with Gasteiger partial charge in [0.05, 0.1) is 11.4 Å². The lowest BCUT2D eigenvalue weighted by molar-refractivity contribution is 1.33. The van der Waals surface area contributed by atoms with E-state index in [0.717, 1.165) is 38.7 Å². The molecule has 35 heavy (non-hydrogen) atoms. The summed E-state index contributed by atoms with van der Waals surface area (Å²) in [5.41, 5.74) is 11.4. The van der Waals surface area contributed by atoms with Crippen molar-refractivity contribution in [3.63, 3.8) is 0 Å². The largest absolute Gasteiger partial charge is 0.246 e. The summed E-state index contributed by atoms with van der Waals surface area (Å²) < 4.78 is 0. The highest BCUT2D eigenvalue weighted by Gasteiger charge is 2.31. The van der Waals surface area contributed by atoms with Crippen molar-refractivity contribution in [2.75, 3.05) is 0 Å². The maximum absolute atomic E-state index is 6.27. The topological polar surface area (TPSA) is 12.9 Å². The van der Waals surface area contributed by atoms with Gasteiger partial charge >= 0.3 is 0 Å². The minimum atomic E-state index is 0.719. The molecule has 1 aliphatic rings. The van der Waals surface area contributed by atoms with E-state index in [1.807, 2.05) is 12.1 Å². The van der Waals surface area contributed by atoms with Gasteiger partial charge in [0, 0.05) is 32.8 Å². The number of halogens is 1. The Morgan fingerprint density at radius 3 is 1.63 bits per heavy atom. The van der Waals surface area contributed by atoms with Gasteiger partial charge < -0.3 is 0 Å². The van der Waals surface area contributed by atoms with Crippen molar-refractivity contribution in [1.29, 1.82) is 0 Å². The predicted molar refractivity (Wildman–Crippen MR) is 147 cm³/mol. The predicted octanol–water partition coefficient (Wildman–Crippen LogP) is 9.54. The fourth-order valence-corrected chi connectivity index (χ4v) is 5.51. The molecule has 0 saturated carbocycles. The Morgan fingerprint density at radius 2 is 0.971 bits per heavy atom. The first-order valence-corrected chi connectivity index (χ1v) is 12.1. The van der Waals surface area contributed by atoms with Crippen molar-refractivity contribution < 1.29 is 0 Å². The number of fused-ring (bicyclic) bond motifs is 3. The molecular formula is C33H20ClN. The summed E-state index contributed by atoms with van der Waals surface area (Å²) in [6, 6.07) is 42.4. The molecule has 6 aromatic rings. The highest BCUT2D eigenvalue weighted by Crippen LogP contribution is 2.55. The Bertz CT molecular complexity index is 1710. The molecule has 1 heterocycles. The zero-order chi connectivity index (χ0) is 23.4. The first kappa shape index (κ1) is 20.2. The number of aromatic nitrogens is 1. The molecule has 0 saturated heterocycles. The van der Waals surface area contributed by atoms with Crippen LogP contribution in [0.4, 0.5) is 0 Å². The van der Waals surface area contributed by atoms with Crippen molar-refractivity contribution >= 4 is 22.4 Å². The summed E-state index contributed by atoms with van der Waals surface area (Å²) >= 11 is 6.27. The number of benzene rings is 5. The number of hydrogen-bond acceptors (Lipinski definition) is 1. The SMILES string of the molecule is Clc1ccc(-c2nc(-c3ccccc3)c3c(c2-c2ccccc2)-c2cccc4cccc-3c24)cc1. The van der Waals surface area contributed by atoms with Crippen LogP contribution < -0.4 is 0 Å². The molecule has 0 N–H and O–H groups in total. The van der Waals surface area contributed by atoms with E-state index in [9.17, 15) is 0 Å². The molecule has 0 amide bonds. The molecule has 7 rings (SSSR count). The van der Waals surface area contributed by atoms with Gasteiger partial charge in [0.25, 0.3) is 0 Å². The van der Waals surface area contributed by atoms with Crippen LogP contribution in [0.2, 0.25) is 5.02 Å². The molecule has 1 aliphatic carbocycles. The zero-order valence-corrected chi connectivity index (χ0v) is 19.6. The average Bonchev–Trinajstić information content (AvgIpc) is 3.26. The summed E-state index contributed by atoms with van der Waals surface area (Å²) in [6.45, 7) is 0. The third-order valence-corrected chi connectivity index (χ3v) is 7.12. The number of rotatable bonds is 3. The summed E-state index contributed by atoms with van der Waals surface area (Å²) in [4.78, 5) is 5.42. The Kier molecular flexibility index (Phi) is 4.58. The van der Waals surface area contributed by atoms with Gasteiger partial charge in [-0.3, -0.25) is 0 Å². The van der Waals surface area contributed by atoms with E-state index in [1.165, 1.54) is 33.0 Å². The van der Waals surface area contributed by atoms with Gasteiger partial charge in [0.2, 0.25) is 0 Å². The van der Waals surface area contributed by atoms with Crippen LogP contribution >= 0.6 is 11.6 Å². The molecule has 0 radical (unpaired) electrons. The van der Waals surface area contributed by atoms with E-state index >= 15 is 0 Å². The second-order valence-corrected chi connectivity index (χ2v) is 9.32. The smallest absolute Gasteiger partial charge is 0.0794 e. The minimum absolute atomic E-state index is 0.719. The van der Waals surface area contributed by atoms with Crippen LogP contribution in [0.5, 0.6) is 0 Å². The van der Waals surface area contributed by atoms with E-state index < -0.39 is 0 Å². The van der Waals surface area contributed by atoms with E-state index in [1.54, 1.807) is 0 Å². The van der Waals surface area contributed by atoms with E-state index in [-0.39, 0.29) is 0 Å². The highest BCUT2D eigenvalue weighted by molar-refractivity contribution is 6.30. The fraction of sp³-hybridized carbons (Fsp3) is 0. The Labute approximate surface area is 209 Å². The molecule has 0 atom stereocenters. The lowest BCUT2D eigenvalue weighted by Gasteiger charge is -2.19. The Hall–Kier alpha value is -4.20. The van der Waals surface area contributed by atoms with Crippen LogP contribution in [0.1, 0.15) is 0 Å². The second-order valence-electron chi connectivity index (χ2n) is 8.88. The first-order valence-electron chi connectivity index (χ1n) is 11.8.